The molecule has 2 rings (SSSR count). The predicted octanol–water partition coefficient (Wildman–Crippen LogP) is 2.63. The summed E-state index contributed by atoms with van der Waals surface area (Å²) in [5.74, 6) is -2.51. The Morgan fingerprint density at radius 2 is 2.58 bits per heavy atom. The molecule has 3 nitrogen and oxygen atoms in total. The zero-order chi connectivity index (χ0) is 22.4. The minimum Gasteiger partial charge on any atom is -0.497 e. The van der Waals surface area contributed by atoms with Gasteiger partial charge in [-0.2, -0.15) is 0 Å². The van der Waals surface area contributed by atoms with Crippen LogP contribution in [0.15, 0.2) is 24.2 Å². The zero-order valence-corrected chi connectivity index (χ0v) is 11.2. The first kappa shape index (κ1) is 6.15. The number of rotatable bonds is 5. The van der Waals surface area contributed by atoms with E-state index in [-0.39, 0.29) is 18.4 Å². The Kier molecular flexibility index (Phi) is 1.92. The van der Waals surface area contributed by atoms with Gasteiger partial charge in [-0.05, 0) is 44.6 Å². The van der Waals surface area contributed by atoms with Gasteiger partial charge < -0.3 is 14.7 Å². The largest absolute Gasteiger partial charge is 0.497 e. The third-order valence-electron chi connectivity index (χ3n) is 3.27. The number of aliphatic hydroxyl groups is 1. The van der Waals surface area contributed by atoms with E-state index in [1.165, 1.54) is 4.90 Å². The van der Waals surface area contributed by atoms with Gasteiger partial charge in [-0.25, -0.2) is 0 Å². The second-order valence-corrected chi connectivity index (χ2v) is 4.96. The van der Waals surface area contributed by atoms with Gasteiger partial charge in [0.15, 0.2) is 0 Å². The summed E-state index contributed by atoms with van der Waals surface area (Å²) in [7, 11) is 0.180. The fraction of sp³-hybridized carbons (Fsp3) is 0.625. The molecule has 1 aliphatic carbocycles. The van der Waals surface area contributed by atoms with Crippen LogP contribution in [0, 0.1) is 5.89 Å². The highest BCUT2D eigenvalue weighted by Gasteiger charge is 2.40. The van der Waals surface area contributed by atoms with Crippen molar-refractivity contribution in [2.45, 2.75) is 31.3 Å². The molecule has 0 aromatic heterocycles. The number of methoxy groups -OCH3 is 1. The molecule has 0 radical (unpaired) electrons. The van der Waals surface area contributed by atoms with Gasteiger partial charge in [0.05, 0.1) is 22.2 Å². The highest BCUT2D eigenvalue weighted by atomic mass is 16.5. The SMILES string of the molecule is [3H]O[C@]1(c2c([3H])c([3H])c([3H])c(OC([3H])([3H])[3H])c2[3H])CCCC[C@]1([3H])C([3H])N(C)C. The van der Waals surface area contributed by atoms with Crippen molar-refractivity contribution in [2.24, 2.45) is 5.89 Å². The maximum absolute atomic E-state index is 9.07. The molecule has 0 heterocycles. The van der Waals surface area contributed by atoms with Crippen LogP contribution >= 0.6 is 0 Å². The Hall–Kier alpha value is -1.06. The van der Waals surface area contributed by atoms with E-state index in [9.17, 15) is 0 Å². The van der Waals surface area contributed by atoms with E-state index in [0.29, 0.717) is 12.8 Å². The minimum atomic E-state index is -3.00. The average molecular weight is 283 g/mol. The van der Waals surface area contributed by atoms with Gasteiger partial charge >= 0.3 is 0 Å². The standard InChI is InChI=1S/C16H25NO2/c1-17(2)12-14-7-4-5-10-16(14,18)13-8-6-9-15(11-13)19-3/h6,8-9,11,14,18H,4-5,7,10,12H2,1-3H3/t14-,16+/m1/s1/i3T3,6T,8T,9T,11T,12T,14T,18T/t12?,14-,16+. The molecule has 0 spiro atoms. The number of hydrogen-bond acceptors (Lipinski definition) is 3. The molecule has 1 aromatic carbocycles. The van der Waals surface area contributed by atoms with Crippen molar-refractivity contribution >= 4 is 0 Å². The summed E-state index contributed by atoms with van der Waals surface area (Å²) in [6, 6.07) is -2.70. The molecule has 1 aliphatic rings. The Bertz CT molecular complexity index is 771. The third-order valence-corrected chi connectivity index (χ3v) is 3.27. The monoisotopic (exact) mass is 283 g/mol. The van der Waals surface area contributed by atoms with Crippen molar-refractivity contribution in [2.75, 3.05) is 27.7 Å². The Morgan fingerprint density at radius 1 is 1.68 bits per heavy atom. The smallest absolute Gasteiger partial charge is 0.211 e. The number of nitrogens with zero attached hydrogens (tertiary/aromatic N) is 1. The molecule has 3 heteroatoms. The van der Waals surface area contributed by atoms with Crippen molar-refractivity contribution in [3.05, 3.63) is 29.7 Å². The van der Waals surface area contributed by atoms with Crippen LogP contribution in [-0.4, -0.2) is 39.1 Å². The van der Waals surface area contributed by atoms with Crippen molar-refractivity contribution < 1.29 is 22.2 Å². The van der Waals surface area contributed by atoms with Crippen molar-refractivity contribution in [1.82, 2.24) is 4.90 Å². The van der Waals surface area contributed by atoms with Gasteiger partial charge in [-0.1, -0.05) is 24.9 Å². The number of hydrogen-bond donors (Lipinski definition) is 1. The van der Waals surface area contributed by atoms with Crippen molar-refractivity contribution in [1.29, 1.82) is 1.43 Å². The van der Waals surface area contributed by atoms with E-state index in [0.717, 1.165) is 0 Å². The molecular weight excluding hydrogens is 238 g/mol. The van der Waals surface area contributed by atoms with Gasteiger partial charge in [-0.15, -0.1) is 0 Å². The fourth-order valence-electron chi connectivity index (χ4n) is 2.40. The number of ether oxygens (including phenoxy) is 1. The third kappa shape index (κ3) is 3.10. The molecule has 1 fully saturated rings. The topological polar surface area (TPSA) is 32.7 Å². The summed E-state index contributed by atoms with van der Waals surface area (Å²) in [6.07, 6.45) is 1.23. The lowest BCUT2D eigenvalue weighted by Crippen LogP contribution is -2.43. The lowest BCUT2D eigenvalue weighted by molar-refractivity contribution is -0.0619. The molecule has 3 atom stereocenters. The van der Waals surface area contributed by atoms with Crippen LogP contribution in [0.2, 0.25) is 0 Å². The molecule has 0 aliphatic heterocycles. The van der Waals surface area contributed by atoms with Crippen LogP contribution in [0.25, 0.3) is 0 Å². The summed E-state index contributed by atoms with van der Waals surface area (Å²) >= 11 is 0. The normalized spacial score (nSPS) is 41.2. The second kappa shape index (κ2) is 5.93. The summed E-state index contributed by atoms with van der Waals surface area (Å²) in [5.41, 5.74) is -2.30. The average Bonchev–Trinajstić information content (AvgIpc) is 2.63. The number of benzene rings is 1. The van der Waals surface area contributed by atoms with Crippen LogP contribution in [-0.2, 0) is 5.60 Å². The molecule has 106 valence electrons. The lowest BCUT2D eigenvalue weighted by Gasteiger charge is -2.41. The molecule has 0 bridgehead atoms. The minimum absolute atomic E-state index is 0.0327. The lowest BCUT2D eigenvalue weighted by atomic mass is 9.71. The van der Waals surface area contributed by atoms with E-state index < -0.39 is 55.0 Å². The van der Waals surface area contributed by atoms with Crippen LogP contribution < -0.4 is 4.74 Å². The van der Waals surface area contributed by atoms with Gasteiger partial charge in [0.2, 0.25) is 1.43 Å². The van der Waals surface area contributed by atoms with Gasteiger partial charge in [0.1, 0.15) is 5.75 Å². The highest BCUT2D eigenvalue weighted by Crippen LogP contribution is 2.42. The molecule has 1 aromatic rings. The molecule has 0 amide bonds. The zero-order valence-electron chi connectivity index (χ0n) is 21.2. The van der Waals surface area contributed by atoms with E-state index in [4.69, 9.17) is 23.6 Å². The van der Waals surface area contributed by atoms with Crippen LogP contribution in [0.5, 0.6) is 5.75 Å². The highest BCUT2D eigenvalue weighted by molar-refractivity contribution is 5.33. The Labute approximate surface area is 130 Å². The van der Waals surface area contributed by atoms with Crippen LogP contribution in [0.3, 0.4) is 0 Å². The van der Waals surface area contributed by atoms with Gasteiger partial charge in [-0.3, -0.25) is 0 Å². The molecule has 19 heavy (non-hydrogen) atoms. The quantitative estimate of drug-likeness (QED) is 0.902. The van der Waals surface area contributed by atoms with Gasteiger partial charge in [0.25, 0.3) is 0 Å². The first-order valence-corrected chi connectivity index (χ1v) is 6.26. The first-order valence-electron chi connectivity index (χ1n) is 11.2. The Morgan fingerprint density at radius 3 is 3.32 bits per heavy atom. The van der Waals surface area contributed by atoms with E-state index >= 15 is 0 Å². The second-order valence-electron chi connectivity index (χ2n) is 4.96. The predicted molar refractivity (Wildman–Crippen MR) is 77.4 cm³/mol. The molecule has 1 N–H and O–H groups in total. The first-order chi connectivity index (χ1) is 13.2. The Balaban J connectivity index is 2.87. The van der Waals surface area contributed by atoms with Crippen molar-refractivity contribution in [3.63, 3.8) is 0 Å². The van der Waals surface area contributed by atoms with E-state index in [1.54, 1.807) is 14.1 Å². The van der Waals surface area contributed by atoms with E-state index in [1.807, 2.05) is 0 Å². The van der Waals surface area contributed by atoms with Gasteiger partial charge in [0, 0.05) is 15.2 Å². The maximum atomic E-state index is 9.07. The summed E-state index contributed by atoms with van der Waals surface area (Å²) in [5, 5.41) is 5.03. The maximum Gasteiger partial charge on any atom is 0.211 e. The van der Waals surface area contributed by atoms with Crippen LogP contribution in [0.4, 0.5) is 0 Å². The summed E-state index contributed by atoms with van der Waals surface area (Å²) in [6.45, 7) is -1.19. The van der Waals surface area contributed by atoms with E-state index in [2.05, 4.69) is 0 Å². The summed E-state index contributed by atoms with van der Waals surface area (Å²) in [4.78, 5) is 1.46. The van der Waals surface area contributed by atoms with Crippen LogP contribution in [0.1, 0.15) is 43.6 Å². The van der Waals surface area contributed by atoms with Crippen molar-refractivity contribution in [3.8, 4) is 5.75 Å². The molecular formula is C16H25NO2. The molecule has 0 saturated heterocycles. The summed E-state index contributed by atoms with van der Waals surface area (Å²) < 4.78 is 84.9. The fourth-order valence-corrected chi connectivity index (χ4v) is 2.40. The molecule has 1 unspecified atom stereocenters. The molecule has 1 saturated carbocycles.